The zero-order chi connectivity index (χ0) is 31.7. The average Bonchev–Trinajstić information content (AvgIpc) is 3.30. The fourth-order valence-corrected chi connectivity index (χ4v) is 6.32. The highest BCUT2D eigenvalue weighted by atomic mass is 32.2. The molecule has 1 aliphatic carbocycles. The Morgan fingerprint density at radius 1 is 0.909 bits per heavy atom. The maximum atomic E-state index is 12.4. The van der Waals surface area contributed by atoms with Crippen LogP contribution in [0.15, 0.2) is 34.2 Å². The number of aliphatic hydroxyl groups is 5. The van der Waals surface area contributed by atoms with Crippen molar-refractivity contribution in [1.82, 2.24) is 9.97 Å². The molecule has 0 bridgehead atoms. The SMILES string of the molecule is NC[C@H]1O[C@@H](O[C@H]2[C@@H](O)[C@H](O[C@@H]3[C@@H](O)[C@H](N)C[C@H](N)[C@H]3OCSc3nc4ccccc4c(=O)[nH]3)O[C@@H]2CO)[C@@H](N)[C@H](O)[C@H]1O. The van der Waals surface area contributed by atoms with Gasteiger partial charge in [0, 0.05) is 18.6 Å². The summed E-state index contributed by atoms with van der Waals surface area (Å²) in [6.07, 6.45) is -13.6. The van der Waals surface area contributed by atoms with E-state index in [1.165, 1.54) is 0 Å². The van der Waals surface area contributed by atoms with Crippen LogP contribution in [0.3, 0.4) is 0 Å². The molecule has 2 aromatic rings. The van der Waals surface area contributed by atoms with Crippen LogP contribution in [0.1, 0.15) is 6.42 Å². The number of fused-ring (bicyclic) bond motifs is 1. The van der Waals surface area contributed by atoms with Crippen LogP contribution in [0.5, 0.6) is 0 Å². The van der Waals surface area contributed by atoms with Crippen molar-refractivity contribution in [2.24, 2.45) is 22.9 Å². The van der Waals surface area contributed by atoms with Gasteiger partial charge in [-0.15, -0.1) is 0 Å². The second kappa shape index (κ2) is 14.3. The van der Waals surface area contributed by atoms with E-state index in [0.717, 1.165) is 11.8 Å². The molecular formula is C26H40N6O11S. The Kier molecular flexibility index (Phi) is 10.9. The van der Waals surface area contributed by atoms with Crippen molar-refractivity contribution < 1.29 is 49.2 Å². The van der Waals surface area contributed by atoms with Gasteiger partial charge in [0.2, 0.25) is 0 Å². The first-order valence-electron chi connectivity index (χ1n) is 14.2. The maximum absolute atomic E-state index is 12.4. The van der Waals surface area contributed by atoms with E-state index in [0.29, 0.717) is 16.1 Å². The van der Waals surface area contributed by atoms with Crippen molar-refractivity contribution in [2.75, 3.05) is 19.1 Å². The van der Waals surface area contributed by atoms with E-state index < -0.39 is 92.2 Å². The lowest BCUT2D eigenvalue weighted by Crippen LogP contribution is -2.64. The van der Waals surface area contributed by atoms with Gasteiger partial charge in [-0.3, -0.25) is 4.79 Å². The molecule has 2 saturated heterocycles. The van der Waals surface area contributed by atoms with Crippen LogP contribution in [0.4, 0.5) is 0 Å². The molecule has 5 rings (SSSR count). The molecule has 246 valence electrons. The summed E-state index contributed by atoms with van der Waals surface area (Å²) in [7, 11) is 0. The number of nitrogens with zero attached hydrogens (tertiary/aromatic N) is 1. The third-order valence-electron chi connectivity index (χ3n) is 8.15. The molecule has 18 heteroatoms. The molecule has 1 aromatic heterocycles. The molecule has 44 heavy (non-hydrogen) atoms. The van der Waals surface area contributed by atoms with Gasteiger partial charge in [0.1, 0.15) is 54.8 Å². The molecule has 3 heterocycles. The number of hydrogen-bond donors (Lipinski definition) is 10. The van der Waals surface area contributed by atoms with Crippen molar-refractivity contribution in [3.63, 3.8) is 0 Å². The zero-order valence-electron chi connectivity index (χ0n) is 23.6. The van der Waals surface area contributed by atoms with E-state index in [1.54, 1.807) is 24.3 Å². The van der Waals surface area contributed by atoms with Gasteiger partial charge in [-0.1, -0.05) is 23.9 Å². The molecule has 1 saturated carbocycles. The fourth-order valence-electron chi connectivity index (χ4n) is 5.66. The Morgan fingerprint density at radius 3 is 2.34 bits per heavy atom. The van der Waals surface area contributed by atoms with Gasteiger partial charge >= 0.3 is 0 Å². The summed E-state index contributed by atoms with van der Waals surface area (Å²) < 4.78 is 29.2. The molecule has 14 atom stereocenters. The van der Waals surface area contributed by atoms with Crippen molar-refractivity contribution in [3.05, 3.63) is 34.6 Å². The lowest BCUT2D eigenvalue weighted by Gasteiger charge is -2.43. The van der Waals surface area contributed by atoms with Crippen LogP contribution in [-0.2, 0) is 23.7 Å². The second-order valence-electron chi connectivity index (χ2n) is 11.1. The van der Waals surface area contributed by atoms with E-state index >= 15 is 0 Å². The van der Waals surface area contributed by atoms with Gasteiger partial charge in [0.25, 0.3) is 5.56 Å². The number of para-hydroxylation sites is 1. The first-order chi connectivity index (χ1) is 21.0. The molecular weight excluding hydrogens is 604 g/mol. The third kappa shape index (κ3) is 6.80. The number of nitrogens with one attached hydrogen (secondary N) is 1. The molecule has 0 amide bonds. The van der Waals surface area contributed by atoms with Gasteiger partial charge in [-0.2, -0.15) is 0 Å². The predicted molar refractivity (Wildman–Crippen MR) is 154 cm³/mol. The third-order valence-corrected chi connectivity index (χ3v) is 8.87. The number of rotatable bonds is 10. The number of aliphatic hydroxyl groups excluding tert-OH is 5. The van der Waals surface area contributed by atoms with Gasteiger partial charge in [0.05, 0.1) is 29.7 Å². The van der Waals surface area contributed by atoms with Crippen LogP contribution >= 0.6 is 11.8 Å². The number of hydrogen-bond acceptors (Lipinski definition) is 17. The number of nitrogens with two attached hydrogens (primary N) is 4. The van der Waals surface area contributed by atoms with E-state index in [1.807, 2.05) is 0 Å². The summed E-state index contributed by atoms with van der Waals surface area (Å²) in [6, 6.07) is 4.21. The first kappa shape index (κ1) is 33.5. The summed E-state index contributed by atoms with van der Waals surface area (Å²) in [4.78, 5) is 19.5. The van der Waals surface area contributed by atoms with Gasteiger partial charge < -0.3 is 77.1 Å². The predicted octanol–water partition coefficient (Wildman–Crippen LogP) is -4.64. The summed E-state index contributed by atoms with van der Waals surface area (Å²) in [5, 5.41) is 53.3. The molecule has 2 aliphatic heterocycles. The van der Waals surface area contributed by atoms with Crippen molar-refractivity contribution in [2.45, 2.75) is 97.2 Å². The number of benzene rings is 1. The molecule has 1 aromatic carbocycles. The molecule has 14 N–H and O–H groups in total. The monoisotopic (exact) mass is 644 g/mol. The second-order valence-corrected chi connectivity index (χ2v) is 12.0. The minimum absolute atomic E-state index is 0.0338. The van der Waals surface area contributed by atoms with Gasteiger partial charge in [0.15, 0.2) is 17.7 Å². The van der Waals surface area contributed by atoms with Crippen LogP contribution in [-0.4, -0.2) is 140 Å². The van der Waals surface area contributed by atoms with Crippen molar-refractivity contribution >= 4 is 22.7 Å². The summed E-state index contributed by atoms with van der Waals surface area (Å²) in [5.41, 5.74) is 24.3. The lowest BCUT2D eigenvalue weighted by atomic mass is 9.84. The van der Waals surface area contributed by atoms with Crippen molar-refractivity contribution in [1.29, 1.82) is 0 Å². The Bertz CT molecular complexity index is 1310. The molecule has 3 aliphatic rings. The Morgan fingerprint density at radius 2 is 1.61 bits per heavy atom. The largest absolute Gasteiger partial charge is 0.394 e. The van der Waals surface area contributed by atoms with Crippen LogP contribution in [0.25, 0.3) is 10.9 Å². The standard InChI is InChI=1S/C26H40N6O11S/c27-6-13-17(35)18(36)15(30)24(40-13)42-21-14(7-33)41-25(19(21)37)43-22-16(34)10(28)5-11(29)20(22)39-8-44-26-31-12-4-2-1-3-9(12)23(38)32-26/h1-4,10-11,13-22,24-25,33-37H,5-8,27-30H2,(H,31,32,38)/t10-,11+,13-,14-,15+,16+,17+,18+,19-,20-,21-,22-,24+,25+/m1/s1. The van der Waals surface area contributed by atoms with Crippen LogP contribution in [0, 0.1) is 0 Å². The average molecular weight is 645 g/mol. The Balaban J connectivity index is 1.26. The summed E-state index contributed by atoms with van der Waals surface area (Å²) >= 11 is 1.10. The molecule has 0 unspecified atom stereocenters. The minimum Gasteiger partial charge on any atom is -0.394 e. The number of ether oxygens (including phenoxy) is 5. The number of aromatic nitrogens is 2. The topological polar surface area (TPSA) is 297 Å². The van der Waals surface area contributed by atoms with Gasteiger partial charge in [-0.05, 0) is 18.6 Å². The van der Waals surface area contributed by atoms with E-state index in [-0.39, 0.29) is 24.5 Å². The number of aromatic amines is 1. The highest BCUT2D eigenvalue weighted by Gasteiger charge is 2.53. The van der Waals surface area contributed by atoms with E-state index in [4.69, 9.17) is 46.6 Å². The van der Waals surface area contributed by atoms with Crippen LogP contribution < -0.4 is 28.5 Å². The lowest BCUT2D eigenvalue weighted by molar-refractivity contribution is -0.280. The maximum Gasteiger partial charge on any atom is 0.259 e. The minimum atomic E-state index is -1.54. The normalized spacial score (nSPS) is 41.3. The highest BCUT2D eigenvalue weighted by molar-refractivity contribution is 7.99. The van der Waals surface area contributed by atoms with Gasteiger partial charge in [-0.25, -0.2) is 4.98 Å². The first-order valence-corrected chi connectivity index (χ1v) is 15.2. The molecule has 0 spiro atoms. The Labute approximate surface area is 255 Å². The summed E-state index contributed by atoms with van der Waals surface area (Å²) in [6.45, 7) is -0.745. The van der Waals surface area contributed by atoms with Crippen LogP contribution in [0.2, 0.25) is 0 Å². The quantitative estimate of drug-likeness (QED) is 0.0660. The Hall–Kier alpha value is -1.85. The summed E-state index contributed by atoms with van der Waals surface area (Å²) in [5.74, 6) is -0.0338. The molecule has 3 fully saturated rings. The smallest absolute Gasteiger partial charge is 0.259 e. The number of H-pyrrole nitrogens is 1. The zero-order valence-corrected chi connectivity index (χ0v) is 24.4. The molecule has 0 radical (unpaired) electrons. The van der Waals surface area contributed by atoms with E-state index in [2.05, 4.69) is 9.97 Å². The fraction of sp³-hybridized carbons (Fsp3) is 0.692. The van der Waals surface area contributed by atoms with E-state index in [9.17, 15) is 30.3 Å². The highest BCUT2D eigenvalue weighted by Crippen LogP contribution is 2.33. The van der Waals surface area contributed by atoms with Crippen molar-refractivity contribution in [3.8, 4) is 0 Å². The number of thioether (sulfide) groups is 1. The molecule has 17 nitrogen and oxygen atoms in total.